The third-order valence-electron chi connectivity index (χ3n) is 7.46. The van der Waals surface area contributed by atoms with Gasteiger partial charge in [0.2, 0.25) is 10.0 Å². The van der Waals surface area contributed by atoms with Crippen LogP contribution in [-0.2, 0) is 24.3 Å². The molecule has 1 amide bonds. The number of fused-ring (bicyclic) bond motifs is 1. The fourth-order valence-corrected chi connectivity index (χ4v) is 6.94. The van der Waals surface area contributed by atoms with E-state index in [2.05, 4.69) is 0 Å². The summed E-state index contributed by atoms with van der Waals surface area (Å²) in [5.74, 6) is -0.119. The van der Waals surface area contributed by atoms with Crippen molar-refractivity contribution in [2.45, 2.75) is 30.2 Å². The lowest BCUT2D eigenvalue weighted by Crippen LogP contribution is -2.40. The van der Waals surface area contributed by atoms with Gasteiger partial charge in [0.05, 0.1) is 41.9 Å². The molecule has 2 fully saturated rings. The van der Waals surface area contributed by atoms with Gasteiger partial charge >= 0.3 is 5.97 Å². The Morgan fingerprint density at radius 1 is 1.05 bits per heavy atom. The SMILES string of the molecule is O=C(OCC(=O)N1N=C2/C(=C\c3ccco3)CCCC2C1c1ccco1)c1cccc(S(=O)(=O)N2CCOCC2)c1. The van der Waals surface area contributed by atoms with Crippen molar-refractivity contribution in [1.29, 1.82) is 0 Å². The Balaban J connectivity index is 1.20. The number of benzene rings is 1. The quantitative estimate of drug-likeness (QED) is 0.386. The van der Waals surface area contributed by atoms with Gasteiger partial charge in [-0.25, -0.2) is 18.2 Å². The Hall–Kier alpha value is -4.00. The number of amides is 1. The maximum absolute atomic E-state index is 13.4. The molecule has 11 nitrogen and oxygen atoms in total. The molecule has 1 aliphatic carbocycles. The summed E-state index contributed by atoms with van der Waals surface area (Å²) in [5, 5.41) is 6.04. The number of ether oxygens (including phenoxy) is 2. The fraction of sp³-hybridized carbons (Fsp3) is 0.345. The van der Waals surface area contributed by atoms with Crippen LogP contribution in [-0.4, -0.2) is 68.2 Å². The minimum absolute atomic E-state index is 0.0241. The lowest BCUT2D eigenvalue weighted by molar-refractivity contribution is -0.137. The van der Waals surface area contributed by atoms with Crippen molar-refractivity contribution in [2.75, 3.05) is 32.9 Å². The molecule has 4 heterocycles. The molecule has 0 radical (unpaired) electrons. The molecule has 1 aromatic carbocycles. The Labute approximate surface area is 237 Å². The molecular formula is C29H29N3O8S. The zero-order valence-corrected chi connectivity index (χ0v) is 23.0. The highest BCUT2D eigenvalue weighted by atomic mass is 32.2. The monoisotopic (exact) mass is 579 g/mol. The lowest BCUT2D eigenvalue weighted by Gasteiger charge is -2.27. The maximum Gasteiger partial charge on any atom is 0.338 e. The predicted molar refractivity (Wildman–Crippen MR) is 146 cm³/mol. The highest BCUT2D eigenvalue weighted by molar-refractivity contribution is 7.89. The molecule has 1 saturated heterocycles. The topological polar surface area (TPSA) is 132 Å². The molecule has 0 N–H and O–H groups in total. The van der Waals surface area contributed by atoms with E-state index in [4.69, 9.17) is 23.4 Å². The number of morpholine rings is 1. The average Bonchev–Trinajstić information content (AvgIpc) is 3.78. The molecule has 214 valence electrons. The summed E-state index contributed by atoms with van der Waals surface area (Å²) in [6.45, 7) is 0.519. The van der Waals surface area contributed by atoms with Gasteiger partial charge in [-0.2, -0.15) is 9.41 Å². The largest absolute Gasteiger partial charge is 0.467 e. The van der Waals surface area contributed by atoms with Gasteiger partial charge in [-0.15, -0.1) is 0 Å². The number of hydrazone groups is 1. The molecule has 41 heavy (non-hydrogen) atoms. The van der Waals surface area contributed by atoms with Gasteiger partial charge in [0.15, 0.2) is 6.61 Å². The van der Waals surface area contributed by atoms with Crippen molar-refractivity contribution in [3.05, 3.63) is 83.7 Å². The number of hydrogen-bond acceptors (Lipinski definition) is 9. The third kappa shape index (κ3) is 5.50. The number of hydrogen-bond donors (Lipinski definition) is 0. The van der Waals surface area contributed by atoms with Gasteiger partial charge in [-0.1, -0.05) is 6.07 Å². The molecule has 3 aromatic rings. The molecule has 3 aliphatic rings. The zero-order valence-electron chi connectivity index (χ0n) is 22.2. The number of allylic oxidation sites excluding steroid dienone is 1. The number of esters is 1. The number of rotatable bonds is 7. The highest BCUT2D eigenvalue weighted by Gasteiger charge is 2.45. The summed E-state index contributed by atoms with van der Waals surface area (Å²) in [6.07, 6.45) is 7.61. The van der Waals surface area contributed by atoms with Crippen LogP contribution in [0.2, 0.25) is 0 Å². The first-order chi connectivity index (χ1) is 19.9. The second-order valence-electron chi connectivity index (χ2n) is 9.99. The van der Waals surface area contributed by atoms with Crippen molar-refractivity contribution < 1.29 is 36.3 Å². The first-order valence-electron chi connectivity index (χ1n) is 13.5. The first kappa shape index (κ1) is 27.2. The number of furan rings is 2. The summed E-state index contributed by atoms with van der Waals surface area (Å²) in [6, 6.07) is 12.4. The lowest BCUT2D eigenvalue weighted by atomic mass is 9.79. The van der Waals surface area contributed by atoms with Crippen molar-refractivity contribution in [1.82, 2.24) is 9.31 Å². The molecule has 2 aromatic heterocycles. The van der Waals surface area contributed by atoms with Gasteiger partial charge in [-0.05, 0) is 73.4 Å². The Morgan fingerprint density at radius 3 is 2.61 bits per heavy atom. The Bertz CT molecular complexity index is 1570. The van der Waals surface area contributed by atoms with E-state index in [1.807, 2.05) is 18.2 Å². The minimum atomic E-state index is -3.80. The Morgan fingerprint density at radius 2 is 1.85 bits per heavy atom. The van der Waals surface area contributed by atoms with Gasteiger partial charge in [0.25, 0.3) is 5.91 Å². The number of carbonyl (C=O) groups excluding carboxylic acids is 2. The third-order valence-corrected chi connectivity index (χ3v) is 9.35. The van der Waals surface area contributed by atoms with Crippen LogP contribution < -0.4 is 0 Å². The molecule has 2 unspecified atom stereocenters. The van der Waals surface area contributed by atoms with E-state index in [0.29, 0.717) is 24.7 Å². The van der Waals surface area contributed by atoms with Crippen LogP contribution in [0.5, 0.6) is 0 Å². The van der Waals surface area contributed by atoms with Crippen LogP contribution in [0.4, 0.5) is 0 Å². The highest BCUT2D eigenvalue weighted by Crippen LogP contribution is 2.44. The molecule has 2 aliphatic heterocycles. The van der Waals surface area contributed by atoms with E-state index in [-0.39, 0.29) is 29.5 Å². The van der Waals surface area contributed by atoms with E-state index >= 15 is 0 Å². The van der Waals surface area contributed by atoms with Crippen molar-refractivity contribution in [3.63, 3.8) is 0 Å². The fourth-order valence-electron chi connectivity index (χ4n) is 5.49. The van der Waals surface area contributed by atoms with Crippen LogP contribution in [0.25, 0.3) is 6.08 Å². The molecule has 0 spiro atoms. The molecule has 12 heteroatoms. The predicted octanol–water partition coefficient (Wildman–Crippen LogP) is 3.87. The van der Waals surface area contributed by atoms with E-state index < -0.39 is 34.5 Å². The maximum atomic E-state index is 13.4. The smallest absolute Gasteiger partial charge is 0.338 e. The summed E-state index contributed by atoms with van der Waals surface area (Å²) in [4.78, 5) is 26.3. The summed E-state index contributed by atoms with van der Waals surface area (Å²) in [7, 11) is -3.80. The molecule has 0 bridgehead atoms. The van der Waals surface area contributed by atoms with E-state index in [1.165, 1.54) is 33.6 Å². The van der Waals surface area contributed by atoms with Crippen LogP contribution >= 0.6 is 0 Å². The van der Waals surface area contributed by atoms with E-state index in [9.17, 15) is 18.0 Å². The molecule has 1 saturated carbocycles. The molecule has 6 rings (SSSR count). The van der Waals surface area contributed by atoms with Crippen molar-refractivity contribution >= 4 is 33.7 Å². The number of sulfonamides is 1. The van der Waals surface area contributed by atoms with Gasteiger partial charge in [0.1, 0.15) is 17.6 Å². The van der Waals surface area contributed by atoms with Gasteiger partial charge < -0.3 is 18.3 Å². The van der Waals surface area contributed by atoms with Crippen molar-refractivity contribution in [2.24, 2.45) is 11.0 Å². The normalized spacial score (nSPS) is 22.4. The molecule has 2 atom stereocenters. The first-order valence-corrected chi connectivity index (χ1v) is 14.9. The van der Waals surface area contributed by atoms with E-state index in [0.717, 1.165) is 30.5 Å². The Kier molecular flexibility index (Phi) is 7.61. The summed E-state index contributed by atoms with van der Waals surface area (Å²) in [5.41, 5.74) is 1.80. The molecular weight excluding hydrogens is 550 g/mol. The van der Waals surface area contributed by atoms with Crippen molar-refractivity contribution in [3.8, 4) is 0 Å². The minimum Gasteiger partial charge on any atom is -0.467 e. The zero-order chi connectivity index (χ0) is 28.4. The average molecular weight is 580 g/mol. The standard InChI is InChI=1S/C29H29N3O8S/c33-26(19-40-29(34)21-6-1-8-23(18-21)41(35,36)31-11-15-37-16-12-31)32-28(25-10-4-14-39-25)24-9-2-5-20(27(24)30-32)17-22-7-3-13-38-22/h1,3-4,6-8,10,13-14,17-18,24,28H,2,5,9,11-12,15-16,19H2/b20-17-. The van der Waals surface area contributed by atoms with Crippen LogP contribution in [0, 0.1) is 5.92 Å². The summed E-state index contributed by atoms with van der Waals surface area (Å²) < 4.78 is 49.2. The second kappa shape index (κ2) is 11.5. The van der Waals surface area contributed by atoms with Crippen LogP contribution in [0.15, 0.2) is 85.5 Å². The van der Waals surface area contributed by atoms with Crippen LogP contribution in [0.1, 0.15) is 47.2 Å². The number of nitrogens with zero attached hydrogens (tertiary/aromatic N) is 3. The van der Waals surface area contributed by atoms with Crippen LogP contribution in [0.3, 0.4) is 0 Å². The second-order valence-corrected chi connectivity index (χ2v) is 11.9. The summed E-state index contributed by atoms with van der Waals surface area (Å²) >= 11 is 0. The van der Waals surface area contributed by atoms with Gasteiger partial charge in [-0.3, -0.25) is 4.79 Å². The number of carbonyl (C=O) groups is 2. The van der Waals surface area contributed by atoms with Gasteiger partial charge in [0, 0.05) is 19.0 Å². The van der Waals surface area contributed by atoms with E-state index in [1.54, 1.807) is 24.7 Å².